The Bertz CT molecular complexity index is 535. The van der Waals surface area contributed by atoms with Crippen LogP contribution in [0.4, 0.5) is 17.8 Å². The van der Waals surface area contributed by atoms with Crippen LogP contribution in [-0.4, -0.2) is 28.0 Å². The zero-order chi connectivity index (χ0) is 13.1. The van der Waals surface area contributed by atoms with Gasteiger partial charge in [-0.2, -0.15) is 26.3 Å². The number of nitrogens with one attached hydrogen (secondary N) is 1. The molecule has 0 unspecified atom stereocenters. The van der Waals surface area contributed by atoms with E-state index in [2.05, 4.69) is 42.0 Å². The molecule has 3 N–H and O–H groups in total. The number of nitrogen functional groups attached to an aromatic ring is 1. The standard InChI is InChI=1S/C12H16N6S/c13-10-15-11(14-7-9-3-6-19-8-9)17-12(16-10)18-4-1-2-5-18/h3,6,8H,1-2,4-5,7H2,(H3,13,14,15,16,17). The molecule has 0 saturated carbocycles. The highest BCUT2D eigenvalue weighted by Crippen LogP contribution is 2.18. The normalized spacial score (nSPS) is 14.8. The van der Waals surface area contributed by atoms with Crippen molar-refractivity contribution in [1.82, 2.24) is 15.0 Å². The number of nitrogens with two attached hydrogens (primary N) is 1. The molecule has 1 aliphatic heterocycles. The first kappa shape index (κ1) is 12.2. The van der Waals surface area contributed by atoms with Crippen molar-refractivity contribution in [1.29, 1.82) is 0 Å². The molecule has 19 heavy (non-hydrogen) atoms. The highest BCUT2D eigenvalue weighted by molar-refractivity contribution is 7.07. The highest BCUT2D eigenvalue weighted by Gasteiger charge is 2.16. The van der Waals surface area contributed by atoms with E-state index < -0.39 is 0 Å². The van der Waals surface area contributed by atoms with E-state index in [0.717, 1.165) is 13.1 Å². The Morgan fingerprint density at radius 2 is 2.11 bits per heavy atom. The summed E-state index contributed by atoms with van der Waals surface area (Å²) in [5.74, 6) is 1.49. The van der Waals surface area contributed by atoms with Gasteiger partial charge in [0.1, 0.15) is 0 Å². The lowest BCUT2D eigenvalue weighted by Gasteiger charge is -2.15. The first-order valence-electron chi connectivity index (χ1n) is 6.33. The molecule has 1 saturated heterocycles. The molecule has 100 valence electrons. The molecular formula is C12H16N6S. The molecule has 0 atom stereocenters. The largest absolute Gasteiger partial charge is 0.368 e. The number of rotatable bonds is 4. The summed E-state index contributed by atoms with van der Waals surface area (Å²) in [4.78, 5) is 14.9. The van der Waals surface area contributed by atoms with Crippen LogP contribution in [0, 0.1) is 0 Å². The summed E-state index contributed by atoms with van der Waals surface area (Å²) in [6.45, 7) is 2.69. The van der Waals surface area contributed by atoms with E-state index in [9.17, 15) is 0 Å². The second-order valence-electron chi connectivity index (χ2n) is 4.50. The van der Waals surface area contributed by atoms with E-state index in [0.29, 0.717) is 18.4 Å². The first-order chi connectivity index (χ1) is 9.31. The van der Waals surface area contributed by atoms with Crippen LogP contribution in [0.5, 0.6) is 0 Å². The van der Waals surface area contributed by atoms with Gasteiger partial charge in [0.05, 0.1) is 0 Å². The predicted octanol–water partition coefficient (Wildman–Crippen LogP) is 1.73. The molecule has 0 aromatic carbocycles. The third kappa shape index (κ3) is 2.93. The van der Waals surface area contributed by atoms with Crippen molar-refractivity contribution in [2.45, 2.75) is 19.4 Å². The monoisotopic (exact) mass is 276 g/mol. The summed E-state index contributed by atoms with van der Waals surface area (Å²) in [6, 6.07) is 2.07. The van der Waals surface area contributed by atoms with Crippen molar-refractivity contribution in [3.05, 3.63) is 22.4 Å². The Balaban J connectivity index is 1.73. The quantitative estimate of drug-likeness (QED) is 0.885. The van der Waals surface area contributed by atoms with Gasteiger partial charge in [0.25, 0.3) is 0 Å². The van der Waals surface area contributed by atoms with Gasteiger partial charge in [-0.1, -0.05) is 0 Å². The van der Waals surface area contributed by atoms with Gasteiger partial charge >= 0.3 is 0 Å². The summed E-state index contributed by atoms with van der Waals surface area (Å²) < 4.78 is 0. The molecule has 1 fully saturated rings. The van der Waals surface area contributed by atoms with Crippen molar-refractivity contribution in [3.63, 3.8) is 0 Å². The van der Waals surface area contributed by atoms with E-state index in [-0.39, 0.29) is 5.95 Å². The summed E-state index contributed by atoms with van der Waals surface area (Å²) in [5, 5.41) is 7.34. The van der Waals surface area contributed by atoms with Gasteiger partial charge in [-0.05, 0) is 35.2 Å². The molecule has 2 aromatic rings. The van der Waals surface area contributed by atoms with Gasteiger partial charge in [-0.3, -0.25) is 0 Å². The molecule has 0 bridgehead atoms. The van der Waals surface area contributed by atoms with Gasteiger partial charge in [-0.25, -0.2) is 0 Å². The maximum atomic E-state index is 5.75. The molecule has 6 nitrogen and oxygen atoms in total. The van der Waals surface area contributed by atoms with E-state index in [1.54, 1.807) is 11.3 Å². The maximum Gasteiger partial charge on any atom is 0.231 e. The van der Waals surface area contributed by atoms with Gasteiger partial charge in [0.2, 0.25) is 17.8 Å². The van der Waals surface area contributed by atoms with Crippen LogP contribution >= 0.6 is 11.3 Å². The molecule has 7 heteroatoms. The van der Waals surface area contributed by atoms with Crippen LogP contribution in [0.2, 0.25) is 0 Å². The number of anilines is 3. The van der Waals surface area contributed by atoms with Crippen molar-refractivity contribution < 1.29 is 0 Å². The second kappa shape index (κ2) is 5.40. The van der Waals surface area contributed by atoms with Crippen LogP contribution in [0.25, 0.3) is 0 Å². The smallest absolute Gasteiger partial charge is 0.231 e. The zero-order valence-corrected chi connectivity index (χ0v) is 11.4. The minimum atomic E-state index is 0.268. The van der Waals surface area contributed by atoms with Crippen LogP contribution < -0.4 is 16.0 Å². The summed E-state index contributed by atoms with van der Waals surface area (Å²) in [5.41, 5.74) is 6.96. The Morgan fingerprint density at radius 3 is 2.84 bits per heavy atom. The van der Waals surface area contributed by atoms with Crippen molar-refractivity contribution in [2.75, 3.05) is 29.0 Å². The molecule has 0 amide bonds. The number of thiophene rings is 1. The molecule has 0 spiro atoms. The van der Waals surface area contributed by atoms with Crippen molar-refractivity contribution in [3.8, 4) is 0 Å². The molecule has 2 aromatic heterocycles. The SMILES string of the molecule is Nc1nc(NCc2ccsc2)nc(N2CCCC2)n1. The third-order valence-electron chi connectivity index (χ3n) is 3.06. The Labute approximate surface area is 115 Å². The molecular weight excluding hydrogens is 260 g/mol. The van der Waals surface area contributed by atoms with Gasteiger partial charge in [0.15, 0.2) is 0 Å². The number of aromatic nitrogens is 3. The van der Waals surface area contributed by atoms with Gasteiger partial charge < -0.3 is 16.0 Å². The Kier molecular flexibility index (Phi) is 3.45. The predicted molar refractivity (Wildman–Crippen MR) is 77.3 cm³/mol. The lowest BCUT2D eigenvalue weighted by Crippen LogP contribution is -2.22. The van der Waals surface area contributed by atoms with Crippen molar-refractivity contribution in [2.24, 2.45) is 0 Å². The topological polar surface area (TPSA) is 80.0 Å². The average Bonchev–Trinajstić information content (AvgIpc) is 3.09. The molecule has 3 heterocycles. The van der Waals surface area contributed by atoms with E-state index in [1.165, 1.54) is 18.4 Å². The molecule has 3 rings (SSSR count). The fraction of sp³-hybridized carbons (Fsp3) is 0.417. The molecule has 0 aliphatic carbocycles. The maximum absolute atomic E-state index is 5.75. The number of hydrogen-bond acceptors (Lipinski definition) is 7. The third-order valence-corrected chi connectivity index (χ3v) is 3.79. The van der Waals surface area contributed by atoms with Crippen LogP contribution in [0.1, 0.15) is 18.4 Å². The zero-order valence-electron chi connectivity index (χ0n) is 10.5. The number of nitrogens with zero attached hydrogens (tertiary/aromatic N) is 4. The minimum Gasteiger partial charge on any atom is -0.368 e. The van der Waals surface area contributed by atoms with Gasteiger partial charge in [0, 0.05) is 19.6 Å². The highest BCUT2D eigenvalue weighted by atomic mass is 32.1. The lowest BCUT2D eigenvalue weighted by atomic mass is 10.3. The Morgan fingerprint density at radius 1 is 1.26 bits per heavy atom. The van der Waals surface area contributed by atoms with E-state index in [4.69, 9.17) is 5.73 Å². The Hall–Kier alpha value is -1.89. The fourth-order valence-corrected chi connectivity index (χ4v) is 2.76. The molecule has 1 aliphatic rings. The van der Waals surface area contributed by atoms with Crippen LogP contribution in [0.3, 0.4) is 0 Å². The summed E-state index contributed by atoms with van der Waals surface area (Å²) in [7, 11) is 0. The second-order valence-corrected chi connectivity index (χ2v) is 5.28. The fourth-order valence-electron chi connectivity index (χ4n) is 2.09. The van der Waals surface area contributed by atoms with Crippen LogP contribution in [-0.2, 0) is 6.54 Å². The summed E-state index contributed by atoms with van der Waals surface area (Å²) >= 11 is 1.68. The summed E-state index contributed by atoms with van der Waals surface area (Å²) in [6.07, 6.45) is 2.37. The first-order valence-corrected chi connectivity index (χ1v) is 7.27. The minimum absolute atomic E-state index is 0.268. The van der Waals surface area contributed by atoms with Crippen LogP contribution in [0.15, 0.2) is 16.8 Å². The van der Waals surface area contributed by atoms with E-state index >= 15 is 0 Å². The van der Waals surface area contributed by atoms with Crippen molar-refractivity contribution >= 4 is 29.2 Å². The lowest BCUT2D eigenvalue weighted by molar-refractivity contribution is 0.881. The average molecular weight is 276 g/mol. The molecule has 0 radical (unpaired) electrons. The van der Waals surface area contributed by atoms with Gasteiger partial charge in [-0.15, -0.1) is 0 Å². The number of hydrogen-bond donors (Lipinski definition) is 2. The van der Waals surface area contributed by atoms with E-state index in [1.807, 2.05) is 0 Å².